The molecule has 14 heavy (non-hydrogen) atoms. The van der Waals surface area contributed by atoms with Gasteiger partial charge in [0.1, 0.15) is 0 Å². The molecule has 2 heterocycles. The second-order valence-electron chi connectivity index (χ2n) is 6.32. The molecule has 0 saturated carbocycles. The second kappa shape index (κ2) is 3.49. The number of rotatable bonds is 1. The highest BCUT2D eigenvalue weighted by molar-refractivity contribution is 4.83. The van der Waals surface area contributed by atoms with Crippen molar-refractivity contribution < 1.29 is 4.48 Å². The Balaban J connectivity index is 2.02. The maximum absolute atomic E-state index is 2.68. The number of hydrogen-bond acceptors (Lipinski definition) is 1. The lowest BCUT2D eigenvalue weighted by Crippen LogP contribution is -2.59. The number of nitrogens with zero attached hydrogens (tertiary/aromatic N) is 2. The summed E-state index contributed by atoms with van der Waals surface area (Å²) in [6.45, 7) is 10.1. The zero-order valence-corrected chi connectivity index (χ0v) is 10.2. The van der Waals surface area contributed by atoms with Crippen molar-refractivity contribution in [3.05, 3.63) is 0 Å². The summed E-state index contributed by atoms with van der Waals surface area (Å²) in [7, 11) is 4.79. The van der Waals surface area contributed by atoms with E-state index < -0.39 is 0 Å². The Hall–Kier alpha value is -0.0800. The number of quaternary nitrogens is 1. The molecule has 0 amide bonds. The Morgan fingerprint density at radius 1 is 1.07 bits per heavy atom. The topological polar surface area (TPSA) is 3.24 Å². The van der Waals surface area contributed by atoms with Gasteiger partial charge < -0.3 is 4.48 Å². The lowest BCUT2D eigenvalue weighted by molar-refractivity contribution is -0.903. The van der Waals surface area contributed by atoms with E-state index in [0.29, 0.717) is 0 Å². The van der Waals surface area contributed by atoms with Crippen LogP contribution in [0.15, 0.2) is 0 Å². The fourth-order valence-corrected chi connectivity index (χ4v) is 3.52. The third-order valence-electron chi connectivity index (χ3n) is 3.89. The van der Waals surface area contributed by atoms with Gasteiger partial charge in [-0.25, -0.2) is 0 Å². The summed E-state index contributed by atoms with van der Waals surface area (Å²) in [5, 5.41) is 0. The van der Waals surface area contributed by atoms with Crippen LogP contribution in [-0.4, -0.2) is 55.7 Å². The summed E-state index contributed by atoms with van der Waals surface area (Å²) in [5.41, 5.74) is 0. The predicted octanol–water partition coefficient (Wildman–Crippen LogP) is 1.42. The Morgan fingerprint density at radius 2 is 1.57 bits per heavy atom. The molecule has 2 rings (SSSR count). The Bertz CT molecular complexity index is 194. The molecule has 0 radical (unpaired) electrons. The summed E-state index contributed by atoms with van der Waals surface area (Å²) in [6.07, 6.45) is 1.49. The van der Waals surface area contributed by atoms with Gasteiger partial charge >= 0.3 is 0 Å². The monoisotopic (exact) mass is 197 g/mol. The standard InChI is InChI=1S/C12H25N2/c1-10(2)13-6-11-5-12(7-13)9-14(3,4)8-11/h10-12H,5-9H2,1-4H3/q+1. The van der Waals surface area contributed by atoms with E-state index in [4.69, 9.17) is 0 Å². The van der Waals surface area contributed by atoms with Crippen LogP contribution in [0.25, 0.3) is 0 Å². The minimum atomic E-state index is 0.744. The van der Waals surface area contributed by atoms with Crippen LogP contribution in [0.2, 0.25) is 0 Å². The average Bonchev–Trinajstić information content (AvgIpc) is 1.99. The largest absolute Gasteiger partial charge is 0.328 e. The normalized spacial score (nSPS) is 37.5. The van der Waals surface area contributed by atoms with Crippen molar-refractivity contribution >= 4 is 0 Å². The van der Waals surface area contributed by atoms with E-state index in [0.717, 1.165) is 17.9 Å². The number of fused-ring (bicyclic) bond motifs is 2. The van der Waals surface area contributed by atoms with E-state index in [1.165, 1.54) is 37.1 Å². The van der Waals surface area contributed by atoms with Gasteiger partial charge in [-0.05, 0) is 20.3 Å². The van der Waals surface area contributed by atoms with Gasteiger partial charge in [-0.2, -0.15) is 0 Å². The van der Waals surface area contributed by atoms with Gasteiger partial charge in [-0.15, -0.1) is 0 Å². The lowest BCUT2D eigenvalue weighted by Gasteiger charge is -2.49. The first-order valence-electron chi connectivity index (χ1n) is 6.02. The third-order valence-corrected chi connectivity index (χ3v) is 3.89. The molecule has 0 N–H and O–H groups in total. The minimum absolute atomic E-state index is 0.744. The molecule has 0 aliphatic carbocycles. The number of hydrogen-bond donors (Lipinski definition) is 0. The Kier molecular flexibility index (Phi) is 2.61. The van der Waals surface area contributed by atoms with Crippen molar-refractivity contribution in [2.24, 2.45) is 11.8 Å². The van der Waals surface area contributed by atoms with Crippen LogP contribution in [-0.2, 0) is 0 Å². The summed E-state index contributed by atoms with van der Waals surface area (Å²) in [6, 6.07) is 0.744. The summed E-state index contributed by atoms with van der Waals surface area (Å²) < 4.78 is 1.25. The molecule has 2 nitrogen and oxygen atoms in total. The van der Waals surface area contributed by atoms with Crippen LogP contribution in [0.3, 0.4) is 0 Å². The van der Waals surface area contributed by atoms with Crippen molar-refractivity contribution in [1.29, 1.82) is 0 Å². The molecule has 0 spiro atoms. The maximum atomic E-state index is 2.68. The average molecular weight is 197 g/mol. The molecule has 82 valence electrons. The Labute approximate surface area is 88.5 Å². The van der Waals surface area contributed by atoms with Gasteiger partial charge in [0.05, 0.1) is 27.2 Å². The molecular weight excluding hydrogens is 172 g/mol. The van der Waals surface area contributed by atoms with E-state index >= 15 is 0 Å². The molecular formula is C12H25N2+. The van der Waals surface area contributed by atoms with Gasteiger partial charge in [-0.3, -0.25) is 4.90 Å². The van der Waals surface area contributed by atoms with Crippen LogP contribution in [0.5, 0.6) is 0 Å². The van der Waals surface area contributed by atoms with Crippen molar-refractivity contribution in [3.63, 3.8) is 0 Å². The molecule has 2 bridgehead atoms. The molecule has 2 unspecified atom stereocenters. The molecule has 2 fully saturated rings. The molecule has 0 aromatic rings. The van der Waals surface area contributed by atoms with Crippen LogP contribution >= 0.6 is 0 Å². The van der Waals surface area contributed by atoms with E-state index in [1.807, 2.05) is 0 Å². The van der Waals surface area contributed by atoms with E-state index in [9.17, 15) is 0 Å². The zero-order valence-electron chi connectivity index (χ0n) is 10.2. The second-order valence-corrected chi connectivity index (χ2v) is 6.32. The van der Waals surface area contributed by atoms with E-state index in [1.54, 1.807) is 0 Å². The zero-order chi connectivity index (χ0) is 10.3. The van der Waals surface area contributed by atoms with Gasteiger partial charge in [0.2, 0.25) is 0 Å². The first kappa shape index (κ1) is 10.4. The molecule has 2 atom stereocenters. The first-order chi connectivity index (χ1) is 6.46. The van der Waals surface area contributed by atoms with Crippen LogP contribution in [0.1, 0.15) is 20.3 Å². The molecule has 2 heteroatoms. The molecule has 0 aromatic carbocycles. The molecule has 2 aliphatic heterocycles. The van der Waals surface area contributed by atoms with Crippen LogP contribution in [0.4, 0.5) is 0 Å². The third kappa shape index (κ3) is 2.12. The molecule has 2 aliphatic rings. The highest BCUT2D eigenvalue weighted by atomic mass is 15.3. The van der Waals surface area contributed by atoms with Crippen molar-refractivity contribution in [2.75, 3.05) is 40.3 Å². The highest BCUT2D eigenvalue weighted by Gasteiger charge is 2.39. The van der Waals surface area contributed by atoms with Crippen LogP contribution < -0.4 is 0 Å². The van der Waals surface area contributed by atoms with Gasteiger partial charge in [0.15, 0.2) is 0 Å². The van der Waals surface area contributed by atoms with E-state index in [-0.39, 0.29) is 0 Å². The molecule has 2 saturated heterocycles. The Morgan fingerprint density at radius 3 is 2.00 bits per heavy atom. The van der Waals surface area contributed by atoms with Gasteiger partial charge in [0.25, 0.3) is 0 Å². The lowest BCUT2D eigenvalue weighted by atomic mass is 9.83. The van der Waals surface area contributed by atoms with Gasteiger partial charge in [0, 0.05) is 31.0 Å². The van der Waals surface area contributed by atoms with Gasteiger partial charge in [-0.1, -0.05) is 0 Å². The minimum Gasteiger partial charge on any atom is -0.328 e. The number of piperidine rings is 2. The summed E-state index contributed by atoms with van der Waals surface area (Å²) in [4.78, 5) is 2.68. The maximum Gasteiger partial charge on any atom is 0.0823 e. The summed E-state index contributed by atoms with van der Waals surface area (Å²) in [5.74, 6) is 1.92. The predicted molar refractivity (Wildman–Crippen MR) is 60.1 cm³/mol. The van der Waals surface area contributed by atoms with E-state index in [2.05, 4.69) is 32.8 Å². The quantitative estimate of drug-likeness (QED) is 0.575. The smallest absolute Gasteiger partial charge is 0.0823 e. The first-order valence-corrected chi connectivity index (χ1v) is 6.02. The van der Waals surface area contributed by atoms with Crippen molar-refractivity contribution in [1.82, 2.24) is 4.90 Å². The fourth-order valence-electron chi connectivity index (χ4n) is 3.52. The summed E-state index contributed by atoms with van der Waals surface area (Å²) >= 11 is 0. The fraction of sp³-hybridized carbons (Fsp3) is 1.00. The molecule has 0 aromatic heterocycles. The van der Waals surface area contributed by atoms with Crippen LogP contribution in [0, 0.1) is 11.8 Å². The van der Waals surface area contributed by atoms with Crippen molar-refractivity contribution in [3.8, 4) is 0 Å². The highest BCUT2D eigenvalue weighted by Crippen LogP contribution is 2.31. The SMILES string of the molecule is CC(C)N1CC2CC(C1)C[N+](C)(C)C2. The van der Waals surface area contributed by atoms with Crippen molar-refractivity contribution in [2.45, 2.75) is 26.3 Å². The number of likely N-dealkylation sites (tertiary alicyclic amines) is 2.